The Balaban J connectivity index is -0.00000612. The van der Waals surface area contributed by atoms with E-state index in [2.05, 4.69) is 11.7 Å². The second-order valence-corrected chi connectivity index (χ2v) is 10.1. The van der Waals surface area contributed by atoms with Gasteiger partial charge in [-0.2, -0.15) is 8.42 Å². The minimum absolute atomic E-state index is 0. The number of carbonyl (C=O) groups excluding carboxylic acids is 2. The van der Waals surface area contributed by atoms with Crippen molar-refractivity contribution in [2.45, 2.75) is 101 Å². The van der Waals surface area contributed by atoms with Crippen molar-refractivity contribution in [3.05, 3.63) is 0 Å². The molecule has 2 atom stereocenters. The van der Waals surface area contributed by atoms with Gasteiger partial charge in [0, 0.05) is 0 Å². The predicted octanol–water partition coefficient (Wildman–Crippen LogP) is 1.12. The van der Waals surface area contributed by atoms with E-state index in [1.54, 1.807) is 0 Å². The molecule has 0 aromatic heterocycles. The molecule has 0 saturated carbocycles. The zero-order valence-corrected chi connectivity index (χ0v) is 21.2. The number of aliphatic carboxylic acids is 3. The molecule has 0 saturated heterocycles. The van der Waals surface area contributed by atoms with E-state index in [1.165, 1.54) is 25.7 Å². The summed E-state index contributed by atoms with van der Waals surface area (Å²) in [5, 5.41) is 24.6. The molecule has 0 amide bonds. The summed E-state index contributed by atoms with van der Waals surface area (Å²) >= 11 is 0. The summed E-state index contributed by atoms with van der Waals surface area (Å²) in [4.78, 5) is 58.3. The molecule has 0 aromatic carbocycles. The van der Waals surface area contributed by atoms with Crippen LogP contribution in [-0.2, 0) is 43.6 Å². The second kappa shape index (κ2) is 22.0. The summed E-state index contributed by atoms with van der Waals surface area (Å²) in [5.41, 5.74) is -3.08. The summed E-state index contributed by atoms with van der Waals surface area (Å²) in [5.74, 6) is -9.01. The van der Waals surface area contributed by atoms with Gasteiger partial charge in [0.25, 0.3) is 10.1 Å². The van der Waals surface area contributed by atoms with Gasteiger partial charge in [0.2, 0.25) is 5.60 Å². The average Bonchev–Trinajstić information content (AvgIpc) is 2.74. The molecule has 0 spiro atoms. The topological polar surface area (TPSA) is 219 Å². The summed E-state index contributed by atoms with van der Waals surface area (Å²) in [6, 6.07) is 0. The van der Waals surface area contributed by atoms with Crippen LogP contribution in [-0.4, -0.2) is 135 Å². The van der Waals surface area contributed by atoms with Crippen molar-refractivity contribution in [2.75, 3.05) is 6.61 Å². The van der Waals surface area contributed by atoms with Crippen molar-refractivity contribution in [3.63, 3.8) is 0 Å². The van der Waals surface area contributed by atoms with Crippen molar-refractivity contribution < 1.29 is 61.7 Å². The molecule has 0 aliphatic rings. The molecule has 13 nitrogen and oxygen atoms in total. The molecule has 4 N–H and O–H groups in total. The molecule has 0 rings (SSSR count). The first-order chi connectivity index (χ1) is 16.7. The van der Waals surface area contributed by atoms with E-state index < -0.39 is 70.1 Å². The molecule has 16 heteroatoms. The van der Waals surface area contributed by atoms with Gasteiger partial charge in [-0.3, -0.25) is 23.7 Å². The van der Waals surface area contributed by atoms with E-state index in [0.29, 0.717) is 6.42 Å². The quantitative estimate of drug-likeness (QED) is 0.0640. The third kappa shape index (κ3) is 18.5. The van der Waals surface area contributed by atoms with Crippen LogP contribution in [0.4, 0.5) is 0 Å². The Bertz CT molecular complexity index is 863. The Labute approximate surface area is 266 Å². The molecular formula is C22H38Na2O13S. The number of hydrogen-bond acceptors (Lipinski definition) is 9. The fraction of sp³-hybridized carbons (Fsp3) is 0.773. The van der Waals surface area contributed by atoms with Crippen molar-refractivity contribution in [1.82, 2.24) is 0 Å². The van der Waals surface area contributed by atoms with Gasteiger partial charge in [0.1, 0.15) is 0 Å². The molecular weight excluding hydrogens is 550 g/mol. The Hall–Kier alpha value is -0.740. The Kier molecular flexibility index (Phi) is 24.2. The van der Waals surface area contributed by atoms with Gasteiger partial charge in [0.15, 0.2) is 5.25 Å². The number of unbranched alkanes of at least 4 members (excludes halogenated alkanes) is 9. The van der Waals surface area contributed by atoms with Crippen LogP contribution >= 0.6 is 0 Å². The van der Waals surface area contributed by atoms with Crippen LogP contribution in [0.15, 0.2) is 0 Å². The van der Waals surface area contributed by atoms with E-state index >= 15 is 0 Å². The first kappa shape index (κ1) is 41.7. The molecule has 0 aliphatic heterocycles. The average molecular weight is 589 g/mol. The number of carbonyl (C=O) groups is 5. The molecule has 0 aromatic rings. The third-order valence-corrected chi connectivity index (χ3v) is 6.37. The van der Waals surface area contributed by atoms with Crippen molar-refractivity contribution >= 4 is 99.1 Å². The van der Waals surface area contributed by atoms with Gasteiger partial charge < -0.3 is 24.8 Å². The van der Waals surface area contributed by atoms with Gasteiger partial charge in [0.05, 0.1) is 25.9 Å². The van der Waals surface area contributed by atoms with Crippen LogP contribution in [0.5, 0.6) is 0 Å². The summed E-state index contributed by atoms with van der Waals surface area (Å²) < 4.78 is 41.3. The number of rotatable bonds is 21. The van der Waals surface area contributed by atoms with E-state index in [9.17, 15) is 37.5 Å². The van der Waals surface area contributed by atoms with Gasteiger partial charge in [-0.05, 0) is 6.42 Å². The Morgan fingerprint density at radius 1 is 0.763 bits per heavy atom. The number of esters is 2. The van der Waals surface area contributed by atoms with Crippen molar-refractivity contribution in [2.24, 2.45) is 0 Å². The molecule has 0 fully saturated rings. The second-order valence-electron chi connectivity index (χ2n) is 8.47. The summed E-state index contributed by atoms with van der Waals surface area (Å²) in [7, 11) is -5.36. The number of carboxylic acid groups (broad SMARTS) is 3. The molecule has 212 valence electrons. The summed E-state index contributed by atoms with van der Waals surface area (Å²) in [6.07, 6.45) is 5.98. The summed E-state index contributed by atoms with van der Waals surface area (Å²) in [6.45, 7) is 2.05. The fourth-order valence-corrected chi connectivity index (χ4v) is 4.01. The van der Waals surface area contributed by atoms with Crippen molar-refractivity contribution in [1.29, 1.82) is 0 Å². The monoisotopic (exact) mass is 588 g/mol. The maximum absolute atomic E-state index is 12.2. The predicted molar refractivity (Wildman–Crippen MR) is 138 cm³/mol. The Morgan fingerprint density at radius 3 is 1.63 bits per heavy atom. The first-order valence-corrected chi connectivity index (χ1v) is 13.3. The molecule has 0 aliphatic carbocycles. The van der Waals surface area contributed by atoms with E-state index in [1.807, 2.05) is 0 Å². The van der Waals surface area contributed by atoms with Gasteiger partial charge in [-0.1, -0.05) is 64.7 Å². The van der Waals surface area contributed by atoms with E-state index in [4.69, 9.17) is 19.5 Å². The van der Waals surface area contributed by atoms with Crippen LogP contribution in [0.2, 0.25) is 0 Å². The van der Waals surface area contributed by atoms with Crippen LogP contribution in [0.3, 0.4) is 0 Å². The van der Waals surface area contributed by atoms with Crippen LogP contribution in [0.1, 0.15) is 90.4 Å². The zero-order chi connectivity index (χ0) is 27.8. The number of hydrogen-bond donors (Lipinski definition) is 4. The fourth-order valence-electron chi connectivity index (χ4n) is 3.36. The normalized spacial score (nSPS) is 13.1. The Morgan fingerprint density at radius 2 is 1.24 bits per heavy atom. The molecule has 0 radical (unpaired) electrons. The van der Waals surface area contributed by atoms with Crippen LogP contribution in [0, 0.1) is 0 Å². The third-order valence-electron chi connectivity index (χ3n) is 5.30. The van der Waals surface area contributed by atoms with Crippen LogP contribution in [0.25, 0.3) is 0 Å². The SMILES string of the molecule is CCCCCCCCCCCCOC(=O)CC(CC(=O)O)(OC(=O)C(CC(=O)O)S(=O)(=O)O)C(=O)O.[NaH].[NaH]. The molecule has 2 unspecified atom stereocenters. The zero-order valence-electron chi connectivity index (χ0n) is 20.3. The molecule has 0 heterocycles. The molecule has 0 bridgehead atoms. The molecule has 38 heavy (non-hydrogen) atoms. The standard InChI is InChI=1S/C22H36O13S.2Na.2H/c1-2-3-4-5-6-7-8-9-10-11-12-34-19(27)15-22(21(29)30,14-18(25)26)35-20(28)16(13-17(23)24)36(31,32)33;;;;/h16H,2-15H2,1H3,(H,23,24)(H,25,26)(H,29,30)(H,31,32,33);;;;. The van der Waals surface area contributed by atoms with Gasteiger partial charge in [-0.25, -0.2) is 4.79 Å². The van der Waals surface area contributed by atoms with E-state index in [-0.39, 0.29) is 65.7 Å². The number of ether oxygens (including phenoxy) is 2. The number of carboxylic acids is 3. The minimum atomic E-state index is -5.36. The van der Waals surface area contributed by atoms with E-state index in [0.717, 1.165) is 32.1 Å². The maximum atomic E-state index is 12.2. The van der Waals surface area contributed by atoms with Gasteiger partial charge in [-0.15, -0.1) is 0 Å². The van der Waals surface area contributed by atoms with Gasteiger partial charge >= 0.3 is 89.0 Å². The van der Waals surface area contributed by atoms with Crippen LogP contribution < -0.4 is 0 Å². The van der Waals surface area contributed by atoms with Crippen molar-refractivity contribution in [3.8, 4) is 0 Å². The first-order valence-electron chi connectivity index (χ1n) is 11.8.